The smallest absolute Gasteiger partial charge is 0.307 e. The lowest BCUT2D eigenvalue weighted by Crippen LogP contribution is -2.39. The van der Waals surface area contributed by atoms with E-state index in [4.69, 9.17) is 9.84 Å². The lowest BCUT2D eigenvalue weighted by atomic mass is 9.81. The second-order valence-electron chi connectivity index (χ2n) is 5.03. The van der Waals surface area contributed by atoms with Gasteiger partial charge in [-0.2, -0.15) is 5.26 Å². The highest BCUT2D eigenvalue weighted by Gasteiger charge is 2.40. The van der Waals surface area contributed by atoms with Crippen molar-refractivity contribution in [1.29, 1.82) is 5.26 Å². The molecule has 1 fully saturated rings. The maximum atomic E-state index is 12.3. The van der Waals surface area contributed by atoms with Crippen LogP contribution in [-0.2, 0) is 20.7 Å². The van der Waals surface area contributed by atoms with Crippen molar-refractivity contribution in [3.63, 3.8) is 0 Å². The maximum absolute atomic E-state index is 12.3. The molecule has 21 heavy (non-hydrogen) atoms. The van der Waals surface area contributed by atoms with E-state index in [-0.39, 0.29) is 12.3 Å². The molecular formula is C15H16N2O4. The van der Waals surface area contributed by atoms with Crippen LogP contribution in [0, 0.1) is 16.7 Å². The molecule has 2 rings (SSSR count). The average molecular weight is 288 g/mol. The molecule has 6 nitrogen and oxygen atoms in total. The van der Waals surface area contributed by atoms with Gasteiger partial charge in [-0.15, -0.1) is 0 Å². The van der Waals surface area contributed by atoms with Crippen molar-refractivity contribution in [3.8, 4) is 6.07 Å². The van der Waals surface area contributed by atoms with Crippen LogP contribution in [0.15, 0.2) is 24.3 Å². The summed E-state index contributed by atoms with van der Waals surface area (Å²) in [6.45, 7) is 0.778. The van der Waals surface area contributed by atoms with Gasteiger partial charge in [-0.1, -0.05) is 12.1 Å². The highest BCUT2D eigenvalue weighted by molar-refractivity contribution is 5.97. The van der Waals surface area contributed by atoms with Gasteiger partial charge in [0.2, 0.25) is 5.91 Å². The highest BCUT2D eigenvalue weighted by atomic mass is 16.5. The number of nitriles is 1. The molecule has 0 unspecified atom stereocenters. The van der Waals surface area contributed by atoms with Gasteiger partial charge in [0.1, 0.15) is 5.41 Å². The first-order valence-electron chi connectivity index (χ1n) is 6.67. The van der Waals surface area contributed by atoms with Gasteiger partial charge in [0.15, 0.2) is 0 Å². The molecule has 0 saturated carbocycles. The van der Waals surface area contributed by atoms with E-state index in [1.54, 1.807) is 24.3 Å². The number of nitrogens with one attached hydrogen (secondary N) is 1. The van der Waals surface area contributed by atoms with Gasteiger partial charge in [0, 0.05) is 18.9 Å². The standard InChI is InChI=1S/C15H16N2O4/c16-10-15(4-6-21-7-5-15)14(20)17-12-3-1-2-11(8-12)9-13(18)19/h1-3,8H,4-7,9H2,(H,17,20)(H,18,19). The van der Waals surface area contributed by atoms with Crippen LogP contribution in [0.5, 0.6) is 0 Å². The molecule has 0 bridgehead atoms. The molecule has 1 amide bonds. The third-order valence-electron chi connectivity index (χ3n) is 3.54. The van der Waals surface area contributed by atoms with E-state index < -0.39 is 11.4 Å². The second-order valence-corrected chi connectivity index (χ2v) is 5.03. The van der Waals surface area contributed by atoms with Crippen LogP contribution in [0.3, 0.4) is 0 Å². The van der Waals surface area contributed by atoms with E-state index >= 15 is 0 Å². The molecule has 1 heterocycles. The molecule has 0 radical (unpaired) electrons. The minimum atomic E-state index is -1.07. The van der Waals surface area contributed by atoms with Crippen molar-refractivity contribution in [2.24, 2.45) is 5.41 Å². The Hall–Kier alpha value is -2.39. The summed E-state index contributed by atoms with van der Waals surface area (Å²) in [6.07, 6.45) is 0.620. The van der Waals surface area contributed by atoms with E-state index in [0.717, 1.165) is 0 Å². The van der Waals surface area contributed by atoms with Crippen LogP contribution < -0.4 is 5.32 Å². The summed E-state index contributed by atoms with van der Waals surface area (Å²) in [5.74, 6) is -1.29. The third-order valence-corrected chi connectivity index (χ3v) is 3.54. The van der Waals surface area contributed by atoms with Gasteiger partial charge in [-0.25, -0.2) is 0 Å². The number of carboxylic acids is 1. The fourth-order valence-corrected chi connectivity index (χ4v) is 2.29. The number of anilines is 1. The monoisotopic (exact) mass is 288 g/mol. The van der Waals surface area contributed by atoms with Crippen LogP contribution in [0.4, 0.5) is 5.69 Å². The molecule has 0 spiro atoms. The van der Waals surface area contributed by atoms with Gasteiger partial charge in [-0.3, -0.25) is 9.59 Å². The van der Waals surface area contributed by atoms with E-state index in [1.807, 2.05) is 0 Å². The summed E-state index contributed by atoms with van der Waals surface area (Å²) in [5, 5.41) is 20.8. The van der Waals surface area contributed by atoms with Crippen LogP contribution in [0.2, 0.25) is 0 Å². The number of carboxylic acid groups (broad SMARTS) is 1. The molecule has 0 aromatic heterocycles. The van der Waals surface area contributed by atoms with Crippen molar-refractivity contribution < 1.29 is 19.4 Å². The van der Waals surface area contributed by atoms with Gasteiger partial charge in [0.25, 0.3) is 0 Å². The Labute approximate surface area is 122 Å². The predicted molar refractivity (Wildman–Crippen MR) is 74.5 cm³/mol. The summed E-state index contributed by atoms with van der Waals surface area (Å²) in [6, 6.07) is 8.74. The SMILES string of the molecule is N#CC1(C(=O)Nc2cccc(CC(=O)O)c2)CCOCC1. The van der Waals surface area contributed by atoms with Crippen LogP contribution >= 0.6 is 0 Å². The summed E-state index contributed by atoms with van der Waals surface area (Å²) >= 11 is 0. The predicted octanol–water partition coefficient (Wildman–Crippen LogP) is 1.57. The molecule has 6 heteroatoms. The highest BCUT2D eigenvalue weighted by Crippen LogP contribution is 2.31. The van der Waals surface area contributed by atoms with E-state index in [0.29, 0.717) is 37.3 Å². The first-order valence-corrected chi connectivity index (χ1v) is 6.67. The summed E-state index contributed by atoms with van der Waals surface area (Å²) in [5.41, 5.74) is 0.0271. The van der Waals surface area contributed by atoms with Crippen molar-refractivity contribution in [3.05, 3.63) is 29.8 Å². The fourth-order valence-electron chi connectivity index (χ4n) is 2.29. The third kappa shape index (κ3) is 3.58. The molecule has 1 aliphatic heterocycles. The van der Waals surface area contributed by atoms with Crippen molar-refractivity contribution in [2.75, 3.05) is 18.5 Å². The molecule has 1 aromatic carbocycles. The molecule has 2 N–H and O–H groups in total. The lowest BCUT2D eigenvalue weighted by Gasteiger charge is -2.29. The zero-order chi connectivity index (χ0) is 15.3. The van der Waals surface area contributed by atoms with Crippen LogP contribution in [0.1, 0.15) is 18.4 Å². The first-order chi connectivity index (χ1) is 10.1. The molecule has 1 aromatic rings. The van der Waals surface area contributed by atoms with E-state index in [9.17, 15) is 14.9 Å². The first kappa shape index (κ1) is 15.0. The van der Waals surface area contributed by atoms with Gasteiger partial charge < -0.3 is 15.2 Å². The topological polar surface area (TPSA) is 99.4 Å². The normalized spacial score (nSPS) is 16.7. The molecule has 0 aliphatic carbocycles. The summed E-state index contributed by atoms with van der Waals surface area (Å²) in [4.78, 5) is 23.1. The van der Waals surface area contributed by atoms with Crippen molar-refractivity contribution in [2.45, 2.75) is 19.3 Å². The number of benzene rings is 1. The zero-order valence-corrected chi connectivity index (χ0v) is 11.5. The number of hydrogen-bond acceptors (Lipinski definition) is 4. The number of aliphatic carboxylic acids is 1. The van der Waals surface area contributed by atoms with E-state index in [2.05, 4.69) is 11.4 Å². The number of carbonyl (C=O) groups excluding carboxylic acids is 1. The van der Waals surface area contributed by atoms with Crippen molar-refractivity contribution in [1.82, 2.24) is 0 Å². The van der Waals surface area contributed by atoms with Gasteiger partial charge in [-0.05, 0) is 30.5 Å². The second kappa shape index (κ2) is 6.37. The van der Waals surface area contributed by atoms with Crippen LogP contribution in [-0.4, -0.2) is 30.2 Å². The minimum Gasteiger partial charge on any atom is -0.481 e. The maximum Gasteiger partial charge on any atom is 0.307 e. The number of hydrogen-bond donors (Lipinski definition) is 2. The van der Waals surface area contributed by atoms with Gasteiger partial charge >= 0.3 is 5.97 Å². The lowest BCUT2D eigenvalue weighted by molar-refractivity contribution is -0.136. The average Bonchev–Trinajstić information content (AvgIpc) is 2.47. The Kier molecular flexibility index (Phi) is 4.55. The Bertz CT molecular complexity index is 586. The number of rotatable bonds is 4. The molecule has 110 valence electrons. The Morgan fingerprint density at radius 1 is 1.38 bits per heavy atom. The van der Waals surface area contributed by atoms with E-state index in [1.165, 1.54) is 0 Å². The van der Waals surface area contributed by atoms with Gasteiger partial charge in [0.05, 0.1) is 12.5 Å². The Morgan fingerprint density at radius 3 is 2.71 bits per heavy atom. The zero-order valence-electron chi connectivity index (χ0n) is 11.5. The number of ether oxygens (including phenoxy) is 1. The Balaban J connectivity index is 2.12. The molecule has 1 saturated heterocycles. The molecular weight excluding hydrogens is 272 g/mol. The largest absolute Gasteiger partial charge is 0.481 e. The molecule has 0 atom stereocenters. The quantitative estimate of drug-likeness (QED) is 0.876. The minimum absolute atomic E-state index is 0.110. The number of carbonyl (C=O) groups is 2. The summed E-state index contributed by atoms with van der Waals surface area (Å²) < 4.78 is 5.19. The number of nitrogens with zero attached hydrogens (tertiary/aromatic N) is 1. The van der Waals surface area contributed by atoms with Crippen LogP contribution in [0.25, 0.3) is 0 Å². The fraction of sp³-hybridized carbons (Fsp3) is 0.400. The Morgan fingerprint density at radius 2 is 2.10 bits per heavy atom. The van der Waals surface area contributed by atoms with Crippen molar-refractivity contribution >= 4 is 17.6 Å². The summed E-state index contributed by atoms with van der Waals surface area (Å²) in [7, 11) is 0. The molecule has 1 aliphatic rings. The number of amides is 1.